The largest absolute Gasteiger partial charge is 0.480 e. The molecule has 11 atom stereocenters. The Labute approximate surface area is 407 Å². The maximum absolute atomic E-state index is 13.9. The standard InChI is InChI=1S/C42H79N15O13/c1-9-21(6)29(43)37(67)51-24(12-10-14-48-41(44)45)33(63)54-27(18-58)36(66)53-26(16-19(2)3)35(65)57-32(23(8)60)40(70)55-30(20(4)5)39(69)52-25(13-11-15-49-42(46)47)34(64)56-31(22(7)59)38(68)50-17-28(61)62/h19-27,29-32,58-60H,9-18,43H2,1-8H3,(H,50,68)(H,51,67)(H,52,69)(H,53,66)(H,54,63)(H,55,70)(H,56,64)(H,57,65)(H,61,62)(H4,44,45,48)(H4,46,47,49)/t21-,22+,23+,24-,25-,26-,27-,29-,30-,31-,32-/m0/s1. The number of aliphatic imine (C=N–C) groups is 2. The van der Waals surface area contributed by atoms with Crippen molar-refractivity contribution in [2.45, 2.75) is 154 Å². The van der Waals surface area contributed by atoms with Crippen LogP contribution in [-0.2, 0) is 43.2 Å². The summed E-state index contributed by atoms with van der Waals surface area (Å²) in [6.07, 6.45) is -2.43. The molecule has 8 amide bonds. The van der Waals surface area contributed by atoms with Gasteiger partial charge in [-0.05, 0) is 63.7 Å². The van der Waals surface area contributed by atoms with E-state index >= 15 is 0 Å². The lowest BCUT2D eigenvalue weighted by atomic mass is 9.98. The second kappa shape index (κ2) is 32.4. The monoisotopic (exact) mass is 1000 g/mol. The zero-order valence-corrected chi connectivity index (χ0v) is 41.3. The molecule has 0 saturated carbocycles. The van der Waals surface area contributed by atoms with E-state index in [-0.39, 0.29) is 68.9 Å². The second-order valence-electron chi connectivity index (χ2n) is 17.7. The average molecular weight is 1000 g/mol. The maximum Gasteiger partial charge on any atom is 0.322 e. The molecule has 0 aromatic carbocycles. The molecule has 0 aliphatic heterocycles. The van der Waals surface area contributed by atoms with E-state index in [1.54, 1.807) is 34.6 Å². The number of nitrogens with one attached hydrogen (secondary N) is 8. The Balaban J connectivity index is 6.43. The molecule has 0 rings (SSSR count). The Kier molecular flexibility index (Phi) is 29.5. The van der Waals surface area contributed by atoms with E-state index in [9.17, 15) is 58.5 Å². The van der Waals surface area contributed by atoms with E-state index in [4.69, 9.17) is 33.8 Å². The SMILES string of the molecule is CC[C@H](C)[C@H](N)C(=O)N[C@@H](CCCN=C(N)N)C(=O)N[C@@H](CO)C(=O)N[C@@H](CC(C)C)C(=O)N[C@H](C(=O)N[C@H](C(=O)N[C@@H](CCCN=C(N)N)C(=O)N[C@H](C(=O)NCC(=O)O)[C@@H](C)O)C(C)C)[C@@H](C)O. The topological polar surface area (TPSA) is 486 Å². The number of aliphatic hydroxyl groups excluding tert-OH is 3. The number of rotatable bonds is 33. The molecule has 0 aliphatic rings. The summed E-state index contributed by atoms with van der Waals surface area (Å²) in [6.45, 7) is 10.8. The quantitative estimate of drug-likeness (QED) is 0.0165. The molecule has 0 aliphatic carbocycles. The number of aliphatic carboxylic acids is 1. The van der Waals surface area contributed by atoms with Crippen LogP contribution in [0.2, 0.25) is 0 Å². The lowest BCUT2D eigenvalue weighted by Crippen LogP contribution is -2.63. The van der Waals surface area contributed by atoms with Crippen molar-refractivity contribution in [3.05, 3.63) is 0 Å². The van der Waals surface area contributed by atoms with E-state index in [1.807, 2.05) is 6.92 Å². The number of nitrogens with zero attached hydrogens (tertiary/aromatic N) is 2. The first-order valence-electron chi connectivity index (χ1n) is 23.0. The Morgan fingerprint density at radius 2 is 0.914 bits per heavy atom. The van der Waals surface area contributed by atoms with Crippen LogP contribution in [0.4, 0.5) is 0 Å². The highest BCUT2D eigenvalue weighted by Crippen LogP contribution is 2.11. The molecule has 0 bridgehead atoms. The molecule has 0 aromatic rings. The van der Waals surface area contributed by atoms with Crippen molar-refractivity contribution in [1.82, 2.24) is 42.5 Å². The van der Waals surface area contributed by atoms with Gasteiger partial charge >= 0.3 is 5.97 Å². The first-order valence-corrected chi connectivity index (χ1v) is 23.0. The van der Waals surface area contributed by atoms with E-state index < -0.39 is 133 Å². The Hall–Kier alpha value is -6.39. The summed E-state index contributed by atoms with van der Waals surface area (Å²) in [5.74, 6) is -10.6. The maximum atomic E-state index is 13.9. The number of nitrogens with two attached hydrogens (primary N) is 5. The number of amides is 8. The highest BCUT2D eigenvalue weighted by atomic mass is 16.4. The minimum atomic E-state index is -1.75. The molecule has 28 nitrogen and oxygen atoms in total. The van der Waals surface area contributed by atoms with Gasteiger partial charge in [0.05, 0.1) is 24.9 Å². The summed E-state index contributed by atoms with van der Waals surface area (Å²) < 4.78 is 0. The van der Waals surface area contributed by atoms with Crippen molar-refractivity contribution in [3.8, 4) is 0 Å². The van der Waals surface area contributed by atoms with Gasteiger partial charge in [-0.15, -0.1) is 0 Å². The molecular formula is C42H79N15O13. The summed E-state index contributed by atoms with van der Waals surface area (Å²) in [4.78, 5) is 127. The van der Waals surface area contributed by atoms with Gasteiger partial charge in [-0.25, -0.2) is 0 Å². The van der Waals surface area contributed by atoms with Gasteiger partial charge in [0.2, 0.25) is 47.3 Å². The lowest BCUT2D eigenvalue weighted by molar-refractivity contribution is -0.139. The summed E-state index contributed by atoms with van der Waals surface area (Å²) in [7, 11) is 0. The van der Waals surface area contributed by atoms with Crippen molar-refractivity contribution in [1.29, 1.82) is 0 Å². The number of carbonyl (C=O) groups is 9. The van der Waals surface area contributed by atoms with E-state index in [0.717, 1.165) is 6.92 Å². The molecule has 0 radical (unpaired) electrons. The summed E-state index contributed by atoms with van der Waals surface area (Å²) in [5.41, 5.74) is 27.7. The van der Waals surface area contributed by atoms with Crippen molar-refractivity contribution in [3.63, 3.8) is 0 Å². The molecule has 0 saturated heterocycles. The predicted molar refractivity (Wildman–Crippen MR) is 256 cm³/mol. The number of carboxylic acid groups (broad SMARTS) is 1. The van der Waals surface area contributed by atoms with E-state index in [0.29, 0.717) is 6.42 Å². The van der Waals surface area contributed by atoms with Crippen molar-refractivity contribution in [2.75, 3.05) is 26.2 Å². The zero-order chi connectivity index (χ0) is 54.0. The molecule has 0 aromatic heterocycles. The van der Waals surface area contributed by atoms with Gasteiger partial charge in [0.1, 0.15) is 48.8 Å². The second-order valence-corrected chi connectivity index (χ2v) is 17.7. The zero-order valence-electron chi connectivity index (χ0n) is 41.3. The molecule has 22 N–H and O–H groups in total. The molecule has 0 heterocycles. The third kappa shape index (κ3) is 24.2. The van der Waals surface area contributed by atoms with Gasteiger partial charge in [-0.2, -0.15) is 0 Å². The fraction of sp³-hybridized carbons (Fsp3) is 0.738. The number of carbonyl (C=O) groups excluding carboxylic acids is 8. The number of hydrogen-bond acceptors (Lipinski definition) is 15. The Bertz CT molecular complexity index is 1810. The van der Waals surface area contributed by atoms with Gasteiger partial charge < -0.3 is 91.6 Å². The van der Waals surface area contributed by atoms with Crippen LogP contribution in [0.3, 0.4) is 0 Å². The van der Waals surface area contributed by atoms with Crippen LogP contribution in [0.5, 0.6) is 0 Å². The van der Waals surface area contributed by atoms with Gasteiger partial charge in [0.25, 0.3) is 0 Å². The normalized spacial score (nSPS) is 15.9. The molecule has 0 spiro atoms. The number of hydrogen-bond donors (Lipinski definition) is 17. The van der Waals surface area contributed by atoms with Crippen LogP contribution in [0.25, 0.3) is 0 Å². The first kappa shape index (κ1) is 63.6. The minimum absolute atomic E-state index is 0.000506. The number of guanidine groups is 2. The molecule has 400 valence electrons. The molecule has 0 unspecified atom stereocenters. The van der Waals surface area contributed by atoms with Crippen LogP contribution in [0, 0.1) is 17.8 Å². The van der Waals surface area contributed by atoms with E-state index in [1.165, 1.54) is 6.92 Å². The van der Waals surface area contributed by atoms with Crippen molar-refractivity contribution >= 4 is 65.1 Å². The van der Waals surface area contributed by atoms with Crippen LogP contribution in [-0.4, -0.2) is 172 Å². The van der Waals surface area contributed by atoms with Crippen LogP contribution >= 0.6 is 0 Å². The number of carboxylic acids is 1. The highest BCUT2D eigenvalue weighted by molar-refractivity contribution is 5.98. The van der Waals surface area contributed by atoms with Gasteiger partial charge in [-0.1, -0.05) is 48.0 Å². The van der Waals surface area contributed by atoms with Gasteiger partial charge in [-0.3, -0.25) is 53.1 Å². The Morgan fingerprint density at radius 1 is 0.529 bits per heavy atom. The smallest absolute Gasteiger partial charge is 0.322 e. The summed E-state index contributed by atoms with van der Waals surface area (Å²) in [5, 5.41) is 59.3. The van der Waals surface area contributed by atoms with Crippen molar-refractivity contribution < 1.29 is 63.6 Å². The highest BCUT2D eigenvalue weighted by Gasteiger charge is 2.37. The van der Waals surface area contributed by atoms with E-state index in [2.05, 4.69) is 52.5 Å². The fourth-order valence-electron chi connectivity index (χ4n) is 6.40. The minimum Gasteiger partial charge on any atom is -0.480 e. The predicted octanol–water partition coefficient (Wildman–Crippen LogP) is -6.48. The number of aliphatic hydroxyl groups is 3. The molecule has 28 heteroatoms. The molecule has 70 heavy (non-hydrogen) atoms. The first-order chi connectivity index (χ1) is 32.6. The fourth-order valence-corrected chi connectivity index (χ4v) is 6.40. The van der Waals surface area contributed by atoms with Crippen LogP contribution in [0.15, 0.2) is 9.98 Å². The average Bonchev–Trinajstić information content (AvgIpc) is 3.27. The third-order valence-electron chi connectivity index (χ3n) is 10.7. The molecule has 0 fully saturated rings. The van der Waals surface area contributed by atoms with Gasteiger partial charge in [0.15, 0.2) is 11.9 Å². The lowest BCUT2D eigenvalue weighted by Gasteiger charge is -2.30. The van der Waals surface area contributed by atoms with Gasteiger partial charge in [0, 0.05) is 13.1 Å². The third-order valence-corrected chi connectivity index (χ3v) is 10.7. The van der Waals surface area contributed by atoms with Crippen LogP contribution < -0.4 is 71.2 Å². The molecular weight excluding hydrogens is 923 g/mol. The van der Waals surface area contributed by atoms with Crippen LogP contribution in [0.1, 0.15) is 93.9 Å². The summed E-state index contributed by atoms with van der Waals surface area (Å²) >= 11 is 0. The van der Waals surface area contributed by atoms with Crippen molar-refractivity contribution in [2.24, 2.45) is 56.4 Å². The summed E-state index contributed by atoms with van der Waals surface area (Å²) in [6, 6.07) is -11.6. The Morgan fingerprint density at radius 3 is 1.33 bits per heavy atom.